The normalized spacial score (nSPS) is 15.8. The van der Waals surface area contributed by atoms with Crippen LogP contribution in [-0.2, 0) is 0 Å². The van der Waals surface area contributed by atoms with Crippen LogP contribution in [0.2, 0.25) is 0 Å². The summed E-state index contributed by atoms with van der Waals surface area (Å²) < 4.78 is 0. The van der Waals surface area contributed by atoms with Crippen LogP contribution >= 0.6 is 0 Å². The van der Waals surface area contributed by atoms with E-state index in [1.165, 1.54) is 6.92 Å². The SMILES string of the molecule is CCCCC#CC(C)(O)C(C)(C)O. The van der Waals surface area contributed by atoms with E-state index >= 15 is 0 Å². The maximum absolute atomic E-state index is 9.73. The molecular weight excluding hydrogens is 164 g/mol. The molecule has 2 N–H and O–H groups in total. The van der Waals surface area contributed by atoms with Crippen molar-refractivity contribution in [2.75, 3.05) is 0 Å². The zero-order valence-corrected chi connectivity index (χ0v) is 9.02. The number of hydrogen-bond donors (Lipinski definition) is 2. The number of unbranched alkanes of at least 4 members (excludes halogenated alkanes) is 2. The van der Waals surface area contributed by atoms with Gasteiger partial charge in [-0.2, -0.15) is 0 Å². The van der Waals surface area contributed by atoms with Gasteiger partial charge in [0.15, 0.2) is 5.60 Å². The summed E-state index contributed by atoms with van der Waals surface area (Å²) in [5.74, 6) is 5.56. The standard InChI is InChI=1S/C11H20O2/c1-5-6-7-8-9-11(4,13)10(2,3)12/h12-13H,5-7H2,1-4H3. The Morgan fingerprint density at radius 1 is 1.15 bits per heavy atom. The molecule has 0 aliphatic rings. The molecule has 0 aliphatic carbocycles. The van der Waals surface area contributed by atoms with Crippen molar-refractivity contribution in [3.8, 4) is 11.8 Å². The van der Waals surface area contributed by atoms with Gasteiger partial charge in [-0.3, -0.25) is 0 Å². The van der Waals surface area contributed by atoms with Gasteiger partial charge in [0.05, 0.1) is 5.60 Å². The highest BCUT2D eigenvalue weighted by molar-refractivity contribution is 5.17. The number of hydrogen-bond acceptors (Lipinski definition) is 2. The van der Waals surface area contributed by atoms with E-state index in [0.717, 1.165) is 19.3 Å². The largest absolute Gasteiger partial charge is 0.386 e. The van der Waals surface area contributed by atoms with Crippen molar-refractivity contribution in [2.24, 2.45) is 0 Å². The second kappa shape index (κ2) is 4.64. The van der Waals surface area contributed by atoms with E-state index in [-0.39, 0.29) is 0 Å². The van der Waals surface area contributed by atoms with E-state index in [0.29, 0.717) is 0 Å². The molecule has 1 unspecified atom stereocenters. The number of aliphatic hydroxyl groups is 2. The van der Waals surface area contributed by atoms with Gasteiger partial charge in [-0.05, 0) is 27.2 Å². The van der Waals surface area contributed by atoms with Crippen LogP contribution in [0.15, 0.2) is 0 Å². The van der Waals surface area contributed by atoms with Gasteiger partial charge in [-0.25, -0.2) is 0 Å². The maximum Gasteiger partial charge on any atom is 0.150 e. The quantitative estimate of drug-likeness (QED) is 0.518. The van der Waals surface area contributed by atoms with Crippen molar-refractivity contribution in [1.29, 1.82) is 0 Å². The van der Waals surface area contributed by atoms with Crippen LogP contribution < -0.4 is 0 Å². The Morgan fingerprint density at radius 2 is 1.69 bits per heavy atom. The van der Waals surface area contributed by atoms with Crippen molar-refractivity contribution >= 4 is 0 Å². The van der Waals surface area contributed by atoms with Gasteiger partial charge in [0.2, 0.25) is 0 Å². The lowest BCUT2D eigenvalue weighted by molar-refractivity contribution is -0.0821. The van der Waals surface area contributed by atoms with E-state index < -0.39 is 11.2 Å². The van der Waals surface area contributed by atoms with Crippen LogP contribution in [-0.4, -0.2) is 21.4 Å². The third-order valence-electron chi connectivity index (χ3n) is 2.18. The van der Waals surface area contributed by atoms with Gasteiger partial charge < -0.3 is 10.2 Å². The molecule has 1 atom stereocenters. The van der Waals surface area contributed by atoms with E-state index in [2.05, 4.69) is 18.8 Å². The molecule has 0 aromatic carbocycles. The molecule has 0 spiro atoms. The van der Waals surface area contributed by atoms with Crippen molar-refractivity contribution in [3.63, 3.8) is 0 Å². The Morgan fingerprint density at radius 3 is 2.08 bits per heavy atom. The second-order valence-corrected chi connectivity index (χ2v) is 4.04. The molecule has 0 fully saturated rings. The highest BCUT2D eigenvalue weighted by Gasteiger charge is 2.35. The molecule has 2 heteroatoms. The lowest BCUT2D eigenvalue weighted by atomic mass is 9.88. The van der Waals surface area contributed by atoms with Crippen LogP contribution in [0.5, 0.6) is 0 Å². The Labute approximate surface area is 81.0 Å². The molecule has 13 heavy (non-hydrogen) atoms. The zero-order chi connectivity index (χ0) is 10.5. The summed E-state index contributed by atoms with van der Waals surface area (Å²) in [6, 6.07) is 0. The Kier molecular flexibility index (Phi) is 4.46. The Bertz CT molecular complexity index is 200. The summed E-state index contributed by atoms with van der Waals surface area (Å²) in [6.07, 6.45) is 2.91. The minimum absolute atomic E-state index is 0.780. The summed E-state index contributed by atoms with van der Waals surface area (Å²) in [7, 11) is 0. The van der Waals surface area contributed by atoms with E-state index in [9.17, 15) is 10.2 Å². The summed E-state index contributed by atoms with van der Waals surface area (Å²) in [6.45, 7) is 6.74. The minimum atomic E-state index is -1.32. The second-order valence-electron chi connectivity index (χ2n) is 4.04. The van der Waals surface area contributed by atoms with Crippen LogP contribution in [0.3, 0.4) is 0 Å². The molecule has 0 aromatic heterocycles. The lowest BCUT2D eigenvalue weighted by Gasteiger charge is -2.30. The zero-order valence-electron chi connectivity index (χ0n) is 9.02. The van der Waals surface area contributed by atoms with Gasteiger partial charge in [-0.15, -0.1) is 5.92 Å². The van der Waals surface area contributed by atoms with Gasteiger partial charge >= 0.3 is 0 Å². The molecule has 0 saturated heterocycles. The molecular formula is C11H20O2. The average molecular weight is 184 g/mol. The Hall–Kier alpha value is -0.520. The minimum Gasteiger partial charge on any atom is -0.386 e. The van der Waals surface area contributed by atoms with Crippen molar-refractivity contribution < 1.29 is 10.2 Å². The summed E-state index contributed by atoms with van der Waals surface area (Å²) in [4.78, 5) is 0. The molecule has 0 aromatic rings. The fourth-order valence-corrected chi connectivity index (χ4v) is 0.653. The third-order valence-corrected chi connectivity index (χ3v) is 2.18. The van der Waals surface area contributed by atoms with Crippen molar-refractivity contribution in [3.05, 3.63) is 0 Å². The highest BCUT2D eigenvalue weighted by atomic mass is 16.3. The first-order chi connectivity index (χ1) is 5.81. The molecule has 0 radical (unpaired) electrons. The molecule has 2 nitrogen and oxygen atoms in total. The van der Waals surface area contributed by atoms with E-state index in [1.54, 1.807) is 13.8 Å². The predicted molar refractivity (Wildman–Crippen MR) is 54.2 cm³/mol. The molecule has 0 aliphatic heterocycles. The fourth-order valence-electron chi connectivity index (χ4n) is 0.653. The first-order valence-corrected chi connectivity index (χ1v) is 4.76. The van der Waals surface area contributed by atoms with Crippen molar-refractivity contribution in [2.45, 2.75) is 58.2 Å². The van der Waals surface area contributed by atoms with Gasteiger partial charge in [0, 0.05) is 6.42 Å². The number of rotatable bonds is 3. The smallest absolute Gasteiger partial charge is 0.150 e. The summed E-state index contributed by atoms with van der Waals surface area (Å²) in [5.41, 5.74) is -2.49. The molecule has 0 heterocycles. The van der Waals surface area contributed by atoms with Crippen LogP contribution in [0.4, 0.5) is 0 Å². The summed E-state index contributed by atoms with van der Waals surface area (Å²) in [5, 5.41) is 19.3. The van der Waals surface area contributed by atoms with Gasteiger partial charge in [0.25, 0.3) is 0 Å². The molecule has 0 bridgehead atoms. The molecule has 0 amide bonds. The third kappa shape index (κ3) is 4.31. The summed E-state index contributed by atoms with van der Waals surface area (Å²) >= 11 is 0. The predicted octanol–water partition coefficient (Wildman–Crippen LogP) is 1.70. The van der Waals surface area contributed by atoms with Crippen LogP contribution in [0.25, 0.3) is 0 Å². The molecule has 76 valence electrons. The highest BCUT2D eigenvalue weighted by Crippen LogP contribution is 2.19. The van der Waals surface area contributed by atoms with Crippen LogP contribution in [0, 0.1) is 11.8 Å². The van der Waals surface area contributed by atoms with Gasteiger partial charge in [0.1, 0.15) is 0 Å². The van der Waals surface area contributed by atoms with Crippen molar-refractivity contribution in [1.82, 2.24) is 0 Å². The topological polar surface area (TPSA) is 40.5 Å². The van der Waals surface area contributed by atoms with E-state index in [4.69, 9.17) is 0 Å². The lowest BCUT2D eigenvalue weighted by Crippen LogP contribution is -2.46. The fraction of sp³-hybridized carbons (Fsp3) is 0.818. The average Bonchev–Trinajstić information content (AvgIpc) is 1.96. The molecule has 0 rings (SSSR count). The van der Waals surface area contributed by atoms with E-state index in [1.807, 2.05) is 0 Å². The maximum atomic E-state index is 9.73. The first-order valence-electron chi connectivity index (χ1n) is 4.76. The first kappa shape index (κ1) is 12.5. The Balaban J connectivity index is 4.21. The van der Waals surface area contributed by atoms with Crippen LogP contribution in [0.1, 0.15) is 47.0 Å². The monoisotopic (exact) mass is 184 g/mol. The molecule has 0 saturated carbocycles. The van der Waals surface area contributed by atoms with Gasteiger partial charge in [-0.1, -0.05) is 19.3 Å².